The molecule has 5 heteroatoms. The van der Waals surface area contributed by atoms with Gasteiger partial charge in [0, 0.05) is 37.2 Å². The summed E-state index contributed by atoms with van der Waals surface area (Å²) in [4.78, 5) is 10.7. The van der Waals surface area contributed by atoms with Crippen LogP contribution < -0.4 is 0 Å². The Kier molecular flexibility index (Phi) is 3.76. The number of nitrogens with zero attached hydrogens (tertiary/aromatic N) is 4. The van der Waals surface area contributed by atoms with Crippen LogP contribution in [0.4, 0.5) is 0 Å². The highest BCUT2D eigenvalue weighted by Crippen LogP contribution is 2.10. The molecule has 2 heterocycles. The van der Waals surface area contributed by atoms with E-state index < -0.39 is 0 Å². The first-order valence-electron chi connectivity index (χ1n) is 5.40. The van der Waals surface area contributed by atoms with E-state index in [-0.39, 0.29) is 0 Å². The zero-order valence-corrected chi connectivity index (χ0v) is 10.7. The largest absolute Gasteiger partial charge is 0.337 e. The van der Waals surface area contributed by atoms with Crippen LogP contribution in [0.2, 0.25) is 5.02 Å². The maximum Gasteiger partial charge on any atom is 0.122 e. The average Bonchev–Trinajstić information content (AvgIpc) is 2.64. The van der Waals surface area contributed by atoms with Gasteiger partial charge in [-0.05, 0) is 19.2 Å². The molecule has 0 N–H and O–H groups in total. The molecule has 2 aromatic rings. The summed E-state index contributed by atoms with van der Waals surface area (Å²) in [5, 5.41) is 0.723. The van der Waals surface area contributed by atoms with Crippen molar-refractivity contribution < 1.29 is 0 Å². The zero-order chi connectivity index (χ0) is 12.3. The van der Waals surface area contributed by atoms with Gasteiger partial charge in [-0.25, -0.2) is 4.98 Å². The molecule has 0 aliphatic heterocycles. The second kappa shape index (κ2) is 5.29. The number of hydrogen-bond acceptors (Lipinski definition) is 3. The van der Waals surface area contributed by atoms with Crippen molar-refractivity contribution in [1.29, 1.82) is 0 Å². The summed E-state index contributed by atoms with van der Waals surface area (Å²) in [6.07, 6.45) is 5.48. The average molecular weight is 251 g/mol. The van der Waals surface area contributed by atoms with Crippen molar-refractivity contribution in [3.05, 3.63) is 47.3 Å². The van der Waals surface area contributed by atoms with Crippen LogP contribution in [0.15, 0.2) is 30.7 Å². The summed E-state index contributed by atoms with van der Waals surface area (Å²) in [5.74, 6) is 1.04. The number of rotatable bonds is 4. The molecule has 17 heavy (non-hydrogen) atoms. The van der Waals surface area contributed by atoms with Crippen LogP contribution in [0.1, 0.15) is 11.5 Å². The Balaban J connectivity index is 1.98. The second-order valence-corrected chi connectivity index (χ2v) is 4.53. The van der Waals surface area contributed by atoms with Crippen LogP contribution in [0.3, 0.4) is 0 Å². The van der Waals surface area contributed by atoms with Gasteiger partial charge in [0.05, 0.1) is 12.2 Å². The monoisotopic (exact) mass is 250 g/mol. The van der Waals surface area contributed by atoms with E-state index in [0.29, 0.717) is 0 Å². The lowest BCUT2D eigenvalue weighted by Gasteiger charge is -2.15. The summed E-state index contributed by atoms with van der Waals surface area (Å²) in [6, 6.07) is 3.67. The highest BCUT2D eigenvalue weighted by atomic mass is 35.5. The van der Waals surface area contributed by atoms with E-state index in [0.717, 1.165) is 29.6 Å². The number of pyridine rings is 1. The molecule has 2 aromatic heterocycles. The Hall–Kier alpha value is -1.39. The van der Waals surface area contributed by atoms with E-state index in [2.05, 4.69) is 14.9 Å². The third-order valence-corrected chi connectivity index (χ3v) is 2.78. The van der Waals surface area contributed by atoms with Gasteiger partial charge in [-0.2, -0.15) is 0 Å². The molecule has 0 saturated heterocycles. The topological polar surface area (TPSA) is 34.0 Å². The maximum absolute atomic E-state index is 5.92. The second-order valence-electron chi connectivity index (χ2n) is 4.09. The molecular formula is C12H15ClN4. The minimum atomic E-state index is 0.723. The minimum Gasteiger partial charge on any atom is -0.337 e. The van der Waals surface area contributed by atoms with Gasteiger partial charge < -0.3 is 4.57 Å². The van der Waals surface area contributed by atoms with Gasteiger partial charge in [0.15, 0.2) is 0 Å². The lowest BCUT2D eigenvalue weighted by atomic mass is 10.3. The highest BCUT2D eigenvalue weighted by Gasteiger charge is 2.06. The zero-order valence-electron chi connectivity index (χ0n) is 9.97. The predicted octanol–water partition coefficient (Wildman–Crippen LogP) is 2.10. The first-order chi connectivity index (χ1) is 8.15. The molecule has 0 atom stereocenters. The third-order valence-electron chi connectivity index (χ3n) is 2.54. The highest BCUT2D eigenvalue weighted by molar-refractivity contribution is 6.30. The van der Waals surface area contributed by atoms with Crippen LogP contribution in [0.5, 0.6) is 0 Å². The molecule has 0 aliphatic rings. The first-order valence-corrected chi connectivity index (χ1v) is 5.78. The van der Waals surface area contributed by atoms with Gasteiger partial charge >= 0.3 is 0 Å². The molecule has 90 valence electrons. The van der Waals surface area contributed by atoms with E-state index in [4.69, 9.17) is 11.6 Å². The normalized spacial score (nSPS) is 11.1. The molecule has 0 bridgehead atoms. The molecule has 0 radical (unpaired) electrons. The lowest BCUT2D eigenvalue weighted by Crippen LogP contribution is -2.20. The fourth-order valence-corrected chi connectivity index (χ4v) is 1.84. The molecule has 0 amide bonds. The van der Waals surface area contributed by atoms with Crippen LogP contribution in [0, 0.1) is 0 Å². The Morgan fingerprint density at radius 3 is 2.76 bits per heavy atom. The molecule has 2 rings (SSSR count). The molecule has 0 fully saturated rings. The van der Waals surface area contributed by atoms with Crippen molar-refractivity contribution in [2.45, 2.75) is 13.1 Å². The van der Waals surface area contributed by atoms with Crippen molar-refractivity contribution in [1.82, 2.24) is 19.4 Å². The summed E-state index contributed by atoms with van der Waals surface area (Å²) in [7, 11) is 4.03. The van der Waals surface area contributed by atoms with Crippen LogP contribution in [0.25, 0.3) is 0 Å². The molecule has 0 aliphatic carbocycles. The number of hydrogen-bond donors (Lipinski definition) is 0. The van der Waals surface area contributed by atoms with Crippen molar-refractivity contribution >= 4 is 11.6 Å². The van der Waals surface area contributed by atoms with Crippen LogP contribution in [-0.4, -0.2) is 26.5 Å². The predicted molar refractivity (Wildman–Crippen MR) is 67.6 cm³/mol. The lowest BCUT2D eigenvalue weighted by molar-refractivity contribution is 0.303. The van der Waals surface area contributed by atoms with Gasteiger partial charge in [-0.15, -0.1) is 0 Å². The Morgan fingerprint density at radius 1 is 1.29 bits per heavy atom. The summed E-state index contributed by atoms with van der Waals surface area (Å²) >= 11 is 5.92. The number of aromatic nitrogens is 3. The number of imidazole rings is 1. The van der Waals surface area contributed by atoms with Gasteiger partial charge in [0.25, 0.3) is 0 Å². The van der Waals surface area contributed by atoms with E-state index in [9.17, 15) is 0 Å². The van der Waals surface area contributed by atoms with E-state index in [1.165, 1.54) is 0 Å². The van der Waals surface area contributed by atoms with Gasteiger partial charge in [0.2, 0.25) is 0 Å². The summed E-state index contributed by atoms with van der Waals surface area (Å²) < 4.78 is 2.02. The van der Waals surface area contributed by atoms with Crippen LogP contribution >= 0.6 is 11.6 Å². The first kappa shape index (κ1) is 12.1. The fourth-order valence-electron chi connectivity index (χ4n) is 1.66. The SMILES string of the molecule is CN(Cc1cc(Cl)ccn1)Cc1nccn1C. The Labute approximate surface area is 106 Å². The minimum absolute atomic E-state index is 0.723. The van der Waals surface area contributed by atoms with Crippen molar-refractivity contribution in [2.24, 2.45) is 7.05 Å². The van der Waals surface area contributed by atoms with Crippen molar-refractivity contribution in [2.75, 3.05) is 7.05 Å². The quantitative estimate of drug-likeness (QED) is 0.834. The molecule has 0 saturated carbocycles. The fraction of sp³-hybridized carbons (Fsp3) is 0.333. The Morgan fingerprint density at radius 2 is 2.12 bits per heavy atom. The molecule has 0 aromatic carbocycles. The van der Waals surface area contributed by atoms with E-state index in [1.807, 2.05) is 30.9 Å². The van der Waals surface area contributed by atoms with Gasteiger partial charge in [-0.3, -0.25) is 9.88 Å². The van der Waals surface area contributed by atoms with Gasteiger partial charge in [0.1, 0.15) is 5.82 Å². The smallest absolute Gasteiger partial charge is 0.122 e. The number of halogens is 1. The maximum atomic E-state index is 5.92. The standard InChI is InChI=1S/C12H15ClN4/c1-16(9-12-15-5-6-17(12)2)8-11-7-10(13)3-4-14-11/h3-7H,8-9H2,1-2H3. The van der Waals surface area contributed by atoms with Crippen molar-refractivity contribution in [3.8, 4) is 0 Å². The van der Waals surface area contributed by atoms with Crippen LogP contribution in [-0.2, 0) is 20.1 Å². The molecule has 0 spiro atoms. The summed E-state index contributed by atoms with van der Waals surface area (Å²) in [5.41, 5.74) is 0.967. The van der Waals surface area contributed by atoms with Crippen molar-refractivity contribution in [3.63, 3.8) is 0 Å². The Bertz CT molecular complexity index is 495. The molecular weight excluding hydrogens is 236 g/mol. The van der Waals surface area contributed by atoms with Gasteiger partial charge in [-0.1, -0.05) is 11.6 Å². The van der Waals surface area contributed by atoms with E-state index >= 15 is 0 Å². The molecule has 4 nitrogen and oxygen atoms in total. The molecule has 0 unspecified atom stereocenters. The summed E-state index contributed by atoms with van der Waals surface area (Å²) in [6.45, 7) is 1.55. The van der Waals surface area contributed by atoms with E-state index in [1.54, 1.807) is 18.5 Å². The third kappa shape index (κ3) is 3.28. The number of aryl methyl sites for hydroxylation is 1.